The van der Waals surface area contributed by atoms with E-state index >= 15 is 0 Å². The fourth-order valence-electron chi connectivity index (χ4n) is 3.92. The summed E-state index contributed by atoms with van der Waals surface area (Å²) in [7, 11) is 0. The molecule has 0 saturated carbocycles. The molecule has 5 heteroatoms. The second-order valence-electron chi connectivity index (χ2n) is 9.09. The van der Waals surface area contributed by atoms with Gasteiger partial charge in [0.25, 0.3) is 0 Å². The molecule has 0 heterocycles. The van der Waals surface area contributed by atoms with E-state index in [1.165, 1.54) is 81.9 Å². The third-order valence-corrected chi connectivity index (χ3v) is 7.12. The summed E-state index contributed by atoms with van der Waals surface area (Å²) in [5, 5.41) is 11.7. The van der Waals surface area contributed by atoms with Crippen molar-refractivity contribution in [3.8, 4) is 0 Å². The summed E-state index contributed by atoms with van der Waals surface area (Å²) in [5.41, 5.74) is 0.960. The van der Waals surface area contributed by atoms with Gasteiger partial charge in [0.2, 0.25) is 5.91 Å². The lowest BCUT2D eigenvalue weighted by Gasteiger charge is -2.10. The molecular weight excluding hydrogens is 430 g/mol. The lowest BCUT2D eigenvalue weighted by Crippen LogP contribution is -2.11. The molecule has 2 N–H and O–H groups in total. The number of anilines is 1. The summed E-state index contributed by atoms with van der Waals surface area (Å²) < 4.78 is 0. The number of nitrogens with one attached hydrogen (secondary N) is 1. The molecule has 188 valence electrons. The SMILES string of the molecule is CCCCSc1ccccc1NC(=O)CCCCCCCCCCCCCCCCC(=O)O. The van der Waals surface area contributed by atoms with Crippen LogP contribution in [-0.4, -0.2) is 22.7 Å². The average Bonchev–Trinajstić information content (AvgIpc) is 2.80. The zero-order valence-electron chi connectivity index (χ0n) is 20.9. The van der Waals surface area contributed by atoms with Crippen LogP contribution in [-0.2, 0) is 9.59 Å². The fourth-order valence-corrected chi connectivity index (χ4v) is 5.02. The first-order valence-electron chi connectivity index (χ1n) is 13.4. The molecule has 0 aliphatic carbocycles. The quantitative estimate of drug-likeness (QED) is 0.129. The largest absolute Gasteiger partial charge is 0.481 e. The van der Waals surface area contributed by atoms with Crippen molar-refractivity contribution in [3.05, 3.63) is 24.3 Å². The number of hydrogen-bond acceptors (Lipinski definition) is 3. The number of para-hydroxylation sites is 1. The Morgan fingerprint density at radius 1 is 0.727 bits per heavy atom. The van der Waals surface area contributed by atoms with Gasteiger partial charge in [-0.05, 0) is 37.1 Å². The molecule has 0 atom stereocenters. The highest BCUT2D eigenvalue weighted by atomic mass is 32.2. The molecule has 0 fully saturated rings. The summed E-state index contributed by atoms with van der Waals surface area (Å²) in [6, 6.07) is 8.14. The maximum Gasteiger partial charge on any atom is 0.303 e. The van der Waals surface area contributed by atoms with Crippen molar-refractivity contribution in [2.45, 2.75) is 127 Å². The first-order valence-corrected chi connectivity index (χ1v) is 14.4. The van der Waals surface area contributed by atoms with Gasteiger partial charge in [-0.25, -0.2) is 0 Å². The number of amides is 1. The predicted octanol–water partition coefficient (Wildman–Crippen LogP) is 8.84. The molecule has 4 nitrogen and oxygen atoms in total. The Bertz CT molecular complexity index is 635. The molecule has 1 rings (SSSR count). The van der Waals surface area contributed by atoms with Crippen LogP contribution in [0.15, 0.2) is 29.2 Å². The normalized spacial score (nSPS) is 10.9. The van der Waals surface area contributed by atoms with Crippen LogP contribution < -0.4 is 5.32 Å². The topological polar surface area (TPSA) is 66.4 Å². The lowest BCUT2D eigenvalue weighted by atomic mass is 10.0. The Hall–Kier alpha value is -1.49. The lowest BCUT2D eigenvalue weighted by molar-refractivity contribution is -0.137. The van der Waals surface area contributed by atoms with E-state index in [0.717, 1.165) is 37.1 Å². The van der Waals surface area contributed by atoms with Crippen LogP contribution in [0, 0.1) is 0 Å². The molecule has 0 unspecified atom stereocenters. The van der Waals surface area contributed by atoms with E-state index in [-0.39, 0.29) is 5.91 Å². The van der Waals surface area contributed by atoms with Crippen LogP contribution in [0.4, 0.5) is 5.69 Å². The predicted molar refractivity (Wildman–Crippen MR) is 142 cm³/mol. The number of hydrogen-bond donors (Lipinski definition) is 2. The molecule has 1 amide bonds. The van der Waals surface area contributed by atoms with Crippen molar-refractivity contribution in [2.75, 3.05) is 11.1 Å². The van der Waals surface area contributed by atoms with Crippen LogP contribution in [0.1, 0.15) is 122 Å². The second kappa shape index (κ2) is 21.1. The van der Waals surface area contributed by atoms with Crippen molar-refractivity contribution in [1.29, 1.82) is 0 Å². The molecule has 0 saturated heterocycles. The van der Waals surface area contributed by atoms with Crippen molar-refractivity contribution >= 4 is 29.3 Å². The summed E-state index contributed by atoms with van der Waals surface area (Å²) >= 11 is 1.83. The highest BCUT2D eigenvalue weighted by Crippen LogP contribution is 2.28. The van der Waals surface area contributed by atoms with Gasteiger partial charge in [-0.2, -0.15) is 0 Å². The number of unbranched alkanes of at least 4 members (excludes halogenated alkanes) is 14. The van der Waals surface area contributed by atoms with Crippen LogP contribution in [0.2, 0.25) is 0 Å². The molecule has 1 aromatic carbocycles. The molecule has 0 bridgehead atoms. The van der Waals surface area contributed by atoms with Gasteiger partial charge in [-0.15, -0.1) is 11.8 Å². The van der Waals surface area contributed by atoms with Gasteiger partial charge >= 0.3 is 5.97 Å². The number of carboxylic acids is 1. The molecule has 0 radical (unpaired) electrons. The third-order valence-electron chi connectivity index (χ3n) is 5.96. The Balaban J connectivity index is 1.92. The van der Waals surface area contributed by atoms with Crippen LogP contribution in [0.25, 0.3) is 0 Å². The van der Waals surface area contributed by atoms with E-state index in [0.29, 0.717) is 12.8 Å². The maximum atomic E-state index is 12.3. The van der Waals surface area contributed by atoms with Gasteiger partial charge in [0.05, 0.1) is 5.69 Å². The van der Waals surface area contributed by atoms with Crippen LogP contribution in [0.3, 0.4) is 0 Å². The molecule has 0 spiro atoms. The van der Waals surface area contributed by atoms with Gasteiger partial charge in [0.1, 0.15) is 0 Å². The zero-order valence-corrected chi connectivity index (χ0v) is 21.7. The summed E-state index contributed by atoms with van der Waals surface area (Å²) in [6.07, 6.45) is 20.2. The van der Waals surface area contributed by atoms with Gasteiger partial charge in [0, 0.05) is 17.7 Å². The van der Waals surface area contributed by atoms with E-state index in [1.54, 1.807) is 0 Å². The van der Waals surface area contributed by atoms with E-state index < -0.39 is 5.97 Å². The standard InChI is InChI=1S/C28H47NO3S/c1-2-3-24-33-26-21-19-18-20-25(26)29-27(30)22-16-14-12-10-8-6-4-5-7-9-11-13-15-17-23-28(31)32/h18-21H,2-17,22-24H2,1H3,(H,29,30)(H,31,32). The molecular formula is C28H47NO3S. The van der Waals surface area contributed by atoms with Crippen LogP contribution in [0.5, 0.6) is 0 Å². The third kappa shape index (κ3) is 17.6. The summed E-state index contributed by atoms with van der Waals surface area (Å²) in [6.45, 7) is 2.20. The Morgan fingerprint density at radius 2 is 1.21 bits per heavy atom. The molecule has 0 aliphatic heterocycles. The van der Waals surface area contributed by atoms with E-state index in [1.807, 2.05) is 30.0 Å². The molecule has 1 aromatic rings. The van der Waals surface area contributed by atoms with Crippen molar-refractivity contribution < 1.29 is 14.7 Å². The zero-order chi connectivity index (χ0) is 24.0. The summed E-state index contributed by atoms with van der Waals surface area (Å²) in [4.78, 5) is 23.9. The van der Waals surface area contributed by atoms with Gasteiger partial charge in [-0.3, -0.25) is 9.59 Å². The Labute approximate surface area is 206 Å². The molecule has 0 aliphatic rings. The number of carbonyl (C=O) groups is 2. The monoisotopic (exact) mass is 477 g/mol. The minimum atomic E-state index is -0.672. The summed E-state index contributed by atoms with van der Waals surface area (Å²) in [5.74, 6) is 0.564. The highest BCUT2D eigenvalue weighted by molar-refractivity contribution is 7.99. The van der Waals surface area contributed by atoms with Crippen molar-refractivity contribution in [3.63, 3.8) is 0 Å². The first kappa shape index (κ1) is 29.5. The molecule has 33 heavy (non-hydrogen) atoms. The van der Waals surface area contributed by atoms with Crippen molar-refractivity contribution in [1.82, 2.24) is 0 Å². The van der Waals surface area contributed by atoms with E-state index in [9.17, 15) is 9.59 Å². The smallest absolute Gasteiger partial charge is 0.303 e. The second-order valence-corrected chi connectivity index (χ2v) is 10.2. The number of carbonyl (C=O) groups excluding carboxylic acids is 1. The first-order chi connectivity index (χ1) is 16.1. The van der Waals surface area contributed by atoms with E-state index in [2.05, 4.69) is 18.3 Å². The van der Waals surface area contributed by atoms with Gasteiger partial charge in [-0.1, -0.05) is 103 Å². The minimum Gasteiger partial charge on any atom is -0.481 e. The number of thioether (sulfide) groups is 1. The Kier molecular flexibility index (Phi) is 18.9. The van der Waals surface area contributed by atoms with Gasteiger partial charge < -0.3 is 10.4 Å². The highest BCUT2D eigenvalue weighted by Gasteiger charge is 2.07. The van der Waals surface area contributed by atoms with Crippen LogP contribution >= 0.6 is 11.8 Å². The fraction of sp³-hybridized carbons (Fsp3) is 0.714. The average molecular weight is 478 g/mol. The van der Waals surface area contributed by atoms with Gasteiger partial charge in [0.15, 0.2) is 0 Å². The Morgan fingerprint density at radius 3 is 1.73 bits per heavy atom. The maximum absolute atomic E-state index is 12.3. The number of carboxylic acid groups (broad SMARTS) is 1. The minimum absolute atomic E-state index is 0.139. The number of aliphatic carboxylic acids is 1. The number of benzene rings is 1. The molecule has 0 aromatic heterocycles. The number of rotatable bonds is 22. The van der Waals surface area contributed by atoms with Crippen molar-refractivity contribution in [2.24, 2.45) is 0 Å². The van der Waals surface area contributed by atoms with E-state index in [4.69, 9.17) is 5.11 Å².